The molecule has 0 fully saturated rings. The molecule has 3 N–H and O–H groups in total. The lowest BCUT2D eigenvalue weighted by Gasteiger charge is -2.19. The summed E-state index contributed by atoms with van der Waals surface area (Å²) >= 11 is 1.69. The molecule has 1 aromatic heterocycles. The molecular formula is C21H31N3OS. The van der Waals surface area contributed by atoms with Crippen LogP contribution in [0.1, 0.15) is 37.0 Å². The van der Waals surface area contributed by atoms with E-state index in [4.69, 9.17) is 0 Å². The molecule has 0 unspecified atom stereocenters. The maximum Gasteiger partial charge on any atom is 0.315 e. The summed E-state index contributed by atoms with van der Waals surface area (Å²) in [5.74, 6) is 0.436. The highest BCUT2D eigenvalue weighted by Crippen LogP contribution is 2.16. The zero-order valence-corrected chi connectivity index (χ0v) is 16.9. The van der Waals surface area contributed by atoms with Crippen LogP contribution in [0.2, 0.25) is 0 Å². The second-order valence-electron chi connectivity index (χ2n) is 6.87. The highest BCUT2D eigenvalue weighted by atomic mass is 32.1. The van der Waals surface area contributed by atoms with E-state index >= 15 is 0 Å². The van der Waals surface area contributed by atoms with E-state index in [9.17, 15) is 4.79 Å². The van der Waals surface area contributed by atoms with Gasteiger partial charge in [-0.25, -0.2) is 4.79 Å². The van der Waals surface area contributed by atoms with E-state index in [2.05, 4.69) is 64.0 Å². The average Bonchev–Trinajstić information content (AvgIpc) is 3.13. The van der Waals surface area contributed by atoms with Gasteiger partial charge in [-0.2, -0.15) is 11.3 Å². The number of carbonyl (C=O) groups excluding carboxylic acids is 1. The van der Waals surface area contributed by atoms with Gasteiger partial charge in [-0.1, -0.05) is 37.6 Å². The van der Waals surface area contributed by atoms with Gasteiger partial charge in [0, 0.05) is 19.1 Å². The molecule has 1 aromatic carbocycles. The van der Waals surface area contributed by atoms with Crippen LogP contribution in [0.25, 0.3) is 0 Å². The van der Waals surface area contributed by atoms with Crippen LogP contribution in [0.3, 0.4) is 0 Å². The summed E-state index contributed by atoms with van der Waals surface area (Å²) in [6.45, 7) is 5.80. The Balaban J connectivity index is 1.79. The second kappa shape index (κ2) is 11.0. The maximum absolute atomic E-state index is 12.2. The first-order valence-corrected chi connectivity index (χ1v) is 10.3. The zero-order valence-electron chi connectivity index (χ0n) is 16.0. The molecule has 2 atom stereocenters. The highest BCUT2D eigenvalue weighted by Gasteiger charge is 2.13. The summed E-state index contributed by atoms with van der Waals surface area (Å²) in [5, 5.41) is 13.5. The summed E-state index contributed by atoms with van der Waals surface area (Å²) in [6.07, 6.45) is 2.89. The highest BCUT2D eigenvalue weighted by molar-refractivity contribution is 7.07. The Labute approximate surface area is 161 Å². The molecule has 0 saturated carbocycles. The Bertz CT molecular complexity index is 657. The Hall–Kier alpha value is -1.85. The topological polar surface area (TPSA) is 53.2 Å². The molecule has 2 amide bonds. The van der Waals surface area contributed by atoms with Crippen LogP contribution in [0, 0.1) is 5.92 Å². The molecular weight excluding hydrogens is 342 g/mol. The fraction of sp³-hybridized carbons (Fsp3) is 0.476. The molecule has 0 bridgehead atoms. The van der Waals surface area contributed by atoms with Crippen molar-refractivity contribution in [3.05, 3.63) is 57.8 Å². The minimum atomic E-state index is -0.0744. The van der Waals surface area contributed by atoms with E-state index < -0.39 is 0 Å². The average molecular weight is 374 g/mol. The first-order chi connectivity index (χ1) is 12.6. The number of nitrogens with one attached hydrogen (secondary N) is 3. The molecule has 0 spiro atoms. The molecule has 26 heavy (non-hydrogen) atoms. The van der Waals surface area contributed by atoms with Crippen molar-refractivity contribution in [3.8, 4) is 0 Å². The molecule has 2 aromatic rings. The van der Waals surface area contributed by atoms with Crippen molar-refractivity contribution >= 4 is 17.4 Å². The molecule has 0 radical (unpaired) electrons. The summed E-state index contributed by atoms with van der Waals surface area (Å²) in [7, 11) is 1.97. The van der Waals surface area contributed by atoms with Gasteiger partial charge >= 0.3 is 6.03 Å². The first kappa shape index (κ1) is 20.5. The van der Waals surface area contributed by atoms with Crippen molar-refractivity contribution in [2.75, 3.05) is 13.6 Å². The van der Waals surface area contributed by atoms with Crippen molar-refractivity contribution in [2.45, 2.75) is 45.7 Å². The standard InChI is InChI=1S/C21H31N3OS/c1-4-17(12-19-7-5-6-8-20(19)14-22-3)13-23-21(25)24-16(2)11-18-9-10-26-15-18/h5-10,15-17,22H,4,11-14H2,1-3H3,(H2,23,24,25)/t16-,17+/m1/s1. The fourth-order valence-electron chi connectivity index (χ4n) is 3.12. The van der Waals surface area contributed by atoms with Crippen LogP contribution in [0.4, 0.5) is 4.79 Å². The van der Waals surface area contributed by atoms with E-state index in [1.807, 2.05) is 14.0 Å². The van der Waals surface area contributed by atoms with Crippen LogP contribution < -0.4 is 16.0 Å². The van der Waals surface area contributed by atoms with Gasteiger partial charge in [0.25, 0.3) is 0 Å². The van der Waals surface area contributed by atoms with Crippen molar-refractivity contribution in [3.63, 3.8) is 0 Å². The molecule has 0 aliphatic rings. The Morgan fingerprint density at radius 2 is 1.92 bits per heavy atom. The summed E-state index contributed by atoms with van der Waals surface area (Å²) in [4.78, 5) is 12.2. The predicted octanol–water partition coefficient (Wildman–Crippen LogP) is 3.97. The van der Waals surface area contributed by atoms with Gasteiger partial charge in [-0.3, -0.25) is 0 Å². The van der Waals surface area contributed by atoms with Gasteiger partial charge in [0.05, 0.1) is 0 Å². The van der Waals surface area contributed by atoms with Crippen LogP contribution in [-0.2, 0) is 19.4 Å². The third kappa shape index (κ3) is 6.81. The Morgan fingerprint density at radius 1 is 1.15 bits per heavy atom. The normalized spacial score (nSPS) is 13.2. The third-order valence-corrected chi connectivity index (χ3v) is 5.35. The lowest BCUT2D eigenvalue weighted by atomic mass is 9.93. The zero-order chi connectivity index (χ0) is 18.8. The Kier molecular flexibility index (Phi) is 8.65. The largest absolute Gasteiger partial charge is 0.338 e. The lowest BCUT2D eigenvalue weighted by molar-refractivity contribution is 0.235. The van der Waals surface area contributed by atoms with Crippen LogP contribution in [-0.4, -0.2) is 25.7 Å². The number of hydrogen-bond donors (Lipinski definition) is 3. The van der Waals surface area contributed by atoms with Crippen LogP contribution in [0.5, 0.6) is 0 Å². The first-order valence-electron chi connectivity index (χ1n) is 9.39. The minimum Gasteiger partial charge on any atom is -0.338 e. The molecule has 142 valence electrons. The molecule has 0 aliphatic carbocycles. The number of rotatable bonds is 10. The molecule has 4 nitrogen and oxygen atoms in total. The maximum atomic E-state index is 12.2. The van der Waals surface area contributed by atoms with Crippen LogP contribution >= 0.6 is 11.3 Å². The van der Waals surface area contributed by atoms with E-state index in [0.29, 0.717) is 12.5 Å². The number of urea groups is 1. The van der Waals surface area contributed by atoms with E-state index in [1.54, 1.807) is 11.3 Å². The van der Waals surface area contributed by atoms with Gasteiger partial charge in [-0.05, 0) is 66.2 Å². The second-order valence-corrected chi connectivity index (χ2v) is 7.65. The number of amides is 2. The monoisotopic (exact) mass is 373 g/mol. The van der Waals surface area contributed by atoms with Gasteiger partial charge < -0.3 is 16.0 Å². The molecule has 0 saturated heterocycles. The van der Waals surface area contributed by atoms with Gasteiger partial charge in [0.15, 0.2) is 0 Å². The number of hydrogen-bond acceptors (Lipinski definition) is 3. The predicted molar refractivity (Wildman–Crippen MR) is 111 cm³/mol. The van der Waals surface area contributed by atoms with Crippen molar-refractivity contribution in [2.24, 2.45) is 5.92 Å². The van der Waals surface area contributed by atoms with Gasteiger partial charge in [0.2, 0.25) is 0 Å². The SMILES string of the molecule is CC[C@H](CNC(=O)N[C@H](C)Cc1ccsc1)Cc1ccccc1CNC. The number of benzene rings is 1. The molecule has 5 heteroatoms. The van der Waals surface area contributed by atoms with Crippen LogP contribution in [0.15, 0.2) is 41.1 Å². The molecule has 1 heterocycles. The smallest absolute Gasteiger partial charge is 0.315 e. The summed E-state index contributed by atoms with van der Waals surface area (Å²) < 4.78 is 0. The van der Waals surface area contributed by atoms with Gasteiger partial charge in [0.1, 0.15) is 0 Å². The van der Waals surface area contributed by atoms with E-state index in [-0.39, 0.29) is 12.1 Å². The van der Waals surface area contributed by atoms with Crippen molar-refractivity contribution < 1.29 is 4.79 Å². The Morgan fingerprint density at radius 3 is 2.58 bits per heavy atom. The molecule has 2 rings (SSSR count). The van der Waals surface area contributed by atoms with Crippen molar-refractivity contribution in [1.29, 1.82) is 0 Å². The minimum absolute atomic E-state index is 0.0744. The number of thiophene rings is 1. The quantitative estimate of drug-likeness (QED) is 0.590. The van der Waals surface area contributed by atoms with E-state index in [0.717, 1.165) is 25.8 Å². The summed E-state index contributed by atoms with van der Waals surface area (Å²) in [6, 6.07) is 10.7. The fourth-order valence-corrected chi connectivity index (χ4v) is 3.80. The van der Waals surface area contributed by atoms with Crippen molar-refractivity contribution in [1.82, 2.24) is 16.0 Å². The van der Waals surface area contributed by atoms with E-state index in [1.165, 1.54) is 16.7 Å². The third-order valence-electron chi connectivity index (χ3n) is 4.62. The lowest BCUT2D eigenvalue weighted by Crippen LogP contribution is -2.43. The number of carbonyl (C=O) groups is 1. The summed E-state index contributed by atoms with van der Waals surface area (Å²) in [5.41, 5.74) is 3.97. The molecule has 0 aliphatic heterocycles. The van der Waals surface area contributed by atoms with Gasteiger partial charge in [-0.15, -0.1) is 0 Å².